The zero-order valence-electron chi connectivity index (χ0n) is 12.5. The van der Waals surface area contributed by atoms with Gasteiger partial charge in [-0.1, -0.05) is 27.2 Å². The van der Waals surface area contributed by atoms with Crippen molar-refractivity contribution >= 4 is 21.7 Å². The lowest BCUT2D eigenvalue weighted by atomic mass is 10.1. The average molecular weight is 330 g/mol. The Bertz CT molecular complexity index is 404. The van der Waals surface area contributed by atoms with E-state index in [0.717, 1.165) is 34.7 Å². The van der Waals surface area contributed by atoms with Crippen molar-refractivity contribution < 1.29 is 4.74 Å². The van der Waals surface area contributed by atoms with Crippen LogP contribution in [-0.2, 0) is 4.74 Å². The van der Waals surface area contributed by atoms with Gasteiger partial charge in [0.15, 0.2) is 5.82 Å². The third-order valence-electron chi connectivity index (χ3n) is 2.88. The van der Waals surface area contributed by atoms with E-state index in [4.69, 9.17) is 9.72 Å². The van der Waals surface area contributed by atoms with Gasteiger partial charge in [0.25, 0.3) is 0 Å². The van der Waals surface area contributed by atoms with Crippen molar-refractivity contribution in [1.29, 1.82) is 0 Å². The van der Waals surface area contributed by atoms with E-state index in [1.54, 1.807) is 0 Å². The van der Waals surface area contributed by atoms with Gasteiger partial charge in [-0.25, -0.2) is 9.97 Å². The van der Waals surface area contributed by atoms with Crippen molar-refractivity contribution in [2.75, 3.05) is 19.0 Å². The second-order valence-corrected chi connectivity index (χ2v) is 5.56. The Balaban J connectivity index is 3.21. The summed E-state index contributed by atoms with van der Waals surface area (Å²) in [5.74, 6) is 1.95. The molecule has 1 rings (SSSR count). The first-order chi connectivity index (χ1) is 9.04. The van der Waals surface area contributed by atoms with Gasteiger partial charge in [-0.15, -0.1) is 0 Å². The molecule has 0 spiro atoms. The van der Waals surface area contributed by atoms with E-state index < -0.39 is 0 Å². The second-order valence-electron chi connectivity index (χ2n) is 4.77. The van der Waals surface area contributed by atoms with Gasteiger partial charge in [-0.3, -0.25) is 0 Å². The molecule has 1 aromatic rings. The molecule has 1 heterocycles. The van der Waals surface area contributed by atoms with Crippen LogP contribution in [0.5, 0.6) is 0 Å². The normalized spacial score (nSPS) is 12.8. The summed E-state index contributed by atoms with van der Waals surface area (Å²) in [6, 6.07) is 0. The third-order valence-corrected chi connectivity index (χ3v) is 3.67. The van der Waals surface area contributed by atoms with Gasteiger partial charge in [0.2, 0.25) is 0 Å². The van der Waals surface area contributed by atoms with Crippen LogP contribution in [-0.4, -0.2) is 23.6 Å². The summed E-state index contributed by atoms with van der Waals surface area (Å²) >= 11 is 3.57. The molecule has 19 heavy (non-hydrogen) atoms. The summed E-state index contributed by atoms with van der Waals surface area (Å²) in [5.41, 5.74) is 1.02. The molecule has 108 valence electrons. The number of nitrogens with zero attached hydrogens (tertiary/aromatic N) is 2. The number of hydrogen-bond donors (Lipinski definition) is 1. The quantitative estimate of drug-likeness (QED) is 0.810. The van der Waals surface area contributed by atoms with Crippen LogP contribution in [0.25, 0.3) is 0 Å². The monoisotopic (exact) mass is 329 g/mol. The van der Waals surface area contributed by atoms with E-state index in [9.17, 15) is 0 Å². The van der Waals surface area contributed by atoms with Crippen LogP contribution in [0, 0.1) is 0 Å². The molecule has 0 aromatic carbocycles. The fraction of sp³-hybridized carbons (Fsp3) is 0.714. The SMILES string of the molecule is CCCC(OCC)c1nc(NC)c(Br)c(C(C)C)n1. The molecule has 1 unspecified atom stereocenters. The lowest BCUT2D eigenvalue weighted by Gasteiger charge is -2.19. The van der Waals surface area contributed by atoms with E-state index in [0.29, 0.717) is 12.5 Å². The van der Waals surface area contributed by atoms with E-state index in [2.05, 4.69) is 47.0 Å². The van der Waals surface area contributed by atoms with E-state index in [-0.39, 0.29) is 6.10 Å². The van der Waals surface area contributed by atoms with Crippen LogP contribution in [0.1, 0.15) is 64.1 Å². The van der Waals surface area contributed by atoms with Crippen LogP contribution in [0.2, 0.25) is 0 Å². The molecule has 1 N–H and O–H groups in total. The van der Waals surface area contributed by atoms with Gasteiger partial charge in [-0.05, 0) is 35.2 Å². The van der Waals surface area contributed by atoms with Gasteiger partial charge >= 0.3 is 0 Å². The number of nitrogens with one attached hydrogen (secondary N) is 1. The van der Waals surface area contributed by atoms with E-state index in [1.807, 2.05) is 14.0 Å². The van der Waals surface area contributed by atoms with Crippen molar-refractivity contribution in [2.45, 2.75) is 52.6 Å². The maximum absolute atomic E-state index is 5.77. The summed E-state index contributed by atoms with van der Waals surface area (Å²) in [4.78, 5) is 9.27. The van der Waals surface area contributed by atoms with Crippen LogP contribution in [0.15, 0.2) is 4.47 Å². The number of halogens is 1. The fourth-order valence-corrected chi connectivity index (χ4v) is 2.76. The molecule has 0 bridgehead atoms. The van der Waals surface area contributed by atoms with Gasteiger partial charge in [0.1, 0.15) is 11.9 Å². The highest BCUT2D eigenvalue weighted by Crippen LogP contribution is 2.31. The molecule has 4 nitrogen and oxygen atoms in total. The Morgan fingerprint density at radius 2 is 1.95 bits per heavy atom. The largest absolute Gasteiger partial charge is 0.372 e. The highest BCUT2D eigenvalue weighted by atomic mass is 79.9. The predicted octanol–water partition coefficient (Wildman–Crippen LogP) is 4.28. The van der Waals surface area contributed by atoms with Crippen molar-refractivity contribution in [3.05, 3.63) is 16.0 Å². The molecule has 1 aromatic heterocycles. The molecule has 0 saturated carbocycles. The van der Waals surface area contributed by atoms with Crippen molar-refractivity contribution in [3.8, 4) is 0 Å². The highest BCUT2D eigenvalue weighted by Gasteiger charge is 2.20. The minimum Gasteiger partial charge on any atom is -0.372 e. The fourth-order valence-electron chi connectivity index (χ4n) is 1.92. The zero-order valence-corrected chi connectivity index (χ0v) is 14.0. The summed E-state index contributed by atoms with van der Waals surface area (Å²) in [6.45, 7) is 9.09. The van der Waals surface area contributed by atoms with Crippen molar-refractivity contribution in [2.24, 2.45) is 0 Å². The Hall–Kier alpha value is -0.680. The summed E-state index contributed by atoms with van der Waals surface area (Å²) < 4.78 is 6.72. The first-order valence-electron chi connectivity index (χ1n) is 6.91. The zero-order chi connectivity index (χ0) is 14.4. The predicted molar refractivity (Wildman–Crippen MR) is 82.6 cm³/mol. The van der Waals surface area contributed by atoms with Gasteiger partial charge in [0.05, 0.1) is 10.2 Å². The van der Waals surface area contributed by atoms with Gasteiger partial charge in [0, 0.05) is 13.7 Å². The summed E-state index contributed by atoms with van der Waals surface area (Å²) in [6.07, 6.45) is 1.97. The molecule has 0 aliphatic rings. The highest BCUT2D eigenvalue weighted by molar-refractivity contribution is 9.10. The second kappa shape index (κ2) is 7.80. The maximum atomic E-state index is 5.77. The average Bonchev–Trinajstić information content (AvgIpc) is 2.38. The van der Waals surface area contributed by atoms with E-state index >= 15 is 0 Å². The third kappa shape index (κ3) is 4.14. The first kappa shape index (κ1) is 16.4. The number of hydrogen-bond acceptors (Lipinski definition) is 4. The van der Waals surface area contributed by atoms with Crippen LogP contribution in [0.4, 0.5) is 5.82 Å². The summed E-state index contributed by atoms with van der Waals surface area (Å²) in [7, 11) is 1.87. The molecule has 0 fully saturated rings. The Morgan fingerprint density at radius 1 is 1.26 bits per heavy atom. The lowest BCUT2D eigenvalue weighted by Crippen LogP contribution is -2.13. The standard InChI is InChI=1S/C14H24BrN3O/c1-6-8-10(19-7-2)13-17-12(9(3)4)11(15)14(16-5)18-13/h9-10H,6-8H2,1-5H3,(H,16,17,18). The molecular formula is C14H24BrN3O. The minimum atomic E-state index is -0.0206. The minimum absolute atomic E-state index is 0.0206. The van der Waals surface area contributed by atoms with Gasteiger partial charge < -0.3 is 10.1 Å². The smallest absolute Gasteiger partial charge is 0.159 e. The van der Waals surface area contributed by atoms with Crippen LogP contribution in [0.3, 0.4) is 0 Å². The van der Waals surface area contributed by atoms with Gasteiger partial charge in [-0.2, -0.15) is 0 Å². The topological polar surface area (TPSA) is 47.0 Å². The molecular weight excluding hydrogens is 306 g/mol. The first-order valence-corrected chi connectivity index (χ1v) is 7.71. The molecule has 0 saturated heterocycles. The Morgan fingerprint density at radius 3 is 2.42 bits per heavy atom. The number of anilines is 1. The van der Waals surface area contributed by atoms with Crippen LogP contribution >= 0.6 is 15.9 Å². The Kier molecular flexibility index (Phi) is 6.72. The Labute approximate surface area is 124 Å². The molecule has 0 amide bonds. The molecule has 1 atom stereocenters. The van der Waals surface area contributed by atoms with Crippen LogP contribution < -0.4 is 5.32 Å². The molecule has 0 aliphatic heterocycles. The van der Waals surface area contributed by atoms with Crippen molar-refractivity contribution in [1.82, 2.24) is 9.97 Å². The lowest BCUT2D eigenvalue weighted by molar-refractivity contribution is 0.0492. The maximum Gasteiger partial charge on any atom is 0.159 e. The summed E-state index contributed by atoms with van der Waals surface area (Å²) in [5, 5.41) is 3.12. The molecule has 0 radical (unpaired) electrons. The molecule has 0 aliphatic carbocycles. The van der Waals surface area contributed by atoms with E-state index in [1.165, 1.54) is 0 Å². The number of ether oxygens (including phenoxy) is 1. The number of aromatic nitrogens is 2. The van der Waals surface area contributed by atoms with Crippen molar-refractivity contribution in [3.63, 3.8) is 0 Å². The number of rotatable bonds is 7. The molecule has 5 heteroatoms.